The Labute approximate surface area is 117 Å². The van der Waals surface area contributed by atoms with Gasteiger partial charge in [-0.05, 0) is 18.6 Å². The molecule has 1 unspecified atom stereocenters. The van der Waals surface area contributed by atoms with Gasteiger partial charge in [0.2, 0.25) is 0 Å². The van der Waals surface area contributed by atoms with Gasteiger partial charge < -0.3 is 14.7 Å². The van der Waals surface area contributed by atoms with Gasteiger partial charge in [-0.1, -0.05) is 0 Å². The predicted octanol–water partition coefficient (Wildman–Crippen LogP) is 1.02. The lowest BCUT2D eigenvalue weighted by molar-refractivity contribution is 0.0697. The molecular weight excluding hydrogens is 282 g/mol. The molecule has 0 saturated carbocycles. The van der Waals surface area contributed by atoms with Gasteiger partial charge in [0, 0.05) is 19.2 Å². The van der Waals surface area contributed by atoms with Crippen molar-refractivity contribution in [2.75, 3.05) is 30.6 Å². The summed E-state index contributed by atoms with van der Waals surface area (Å²) < 4.78 is 28.2. The van der Waals surface area contributed by atoms with Crippen LogP contribution in [0.25, 0.3) is 0 Å². The molecule has 110 valence electrons. The molecule has 1 aromatic carbocycles. The average molecular weight is 299 g/mol. The highest BCUT2D eigenvalue weighted by atomic mass is 32.2. The first kappa shape index (κ1) is 14.6. The van der Waals surface area contributed by atoms with E-state index in [1.165, 1.54) is 13.2 Å². The molecular formula is C13H17NO5S. The third-order valence-corrected chi connectivity index (χ3v) is 5.32. The van der Waals surface area contributed by atoms with E-state index in [0.717, 1.165) is 0 Å². The Morgan fingerprint density at radius 2 is 2.15 bits per heavy atom. The lowest BCUT2D eigenvalue weighted by Gasteiger charge is -2.27. The van der Waals surface area contributed by atoms with Crippen molar-refractivity contribution < 1.29 is 23.1 Å². The van der Waals surface area contributed by atoms with Crippen molar-refractivity contribution in [3.05, 3.63) is 23.8 Å². The topological polar surface area (TPSA) is 83.9 Å². The average Bonchev–Trinajstić information content (AvgIpc) is 2.77. The molecule has 7 heteroatoms. The summed E-state index contributed by atoms with van der Waals surface area (Å²) in [4.78, 5) is 13.0. The standard InChI is InChI=1S/C13H17NO5S/c1-14(9-5-6-20(17,18)8-9)12-7-10(19-2)3-4-11(12)13(15)16/h3-4,7,9H,5-6,8H2,1-2H3,(H,15,16). The summed E-state index contributed by atoms with van der Waals surface area (Å²) in [5, 5.41) is 9.24. The minimum Gasteiger partial charge on any atom is -0.497 e. The van der Waals surface area contributed by atoms with E-state index in [0.29, 0.717) is 17.9 Å². The fraction of sp³-hybridized carbons (Fsp3) is 0.462. The minimum atomic E-state index is -3.02. The molecule has 1 saturated heterocycles. The van der Waals surface area contributed by atoms with Crippen LogP contribution in [0.5, 0.6) is 5.75 Å². The van der Waals surface area contributed by atoms with E-state index in [2.05, 4.69) is 0 Å². The van der Waals surface area contributed by atoms with Crippen LogP contribution in [0.2, 0.25) is 0 Å². The third kappa shape index (κ3) is 2.87. The first-order valence-corrected chi connectivity index (χ1v) is 8.01. The van der Waals surface area contributed by atoms with Crippen molar-refractivity contribution in [1.29, 1.82) is 0 Å². The molecule has 6 nitrogen and oxygen atoms in total. The number of carboxylic acid groups (broad SMARTS) is 1. The van der Waals surface area contributed by atoms with Crippen molar-refractivity contribution in [2.24, 2.45) is 0 Å². The molecule has 20 heavy (non-hydrogen) atoms. The number of ether oxygens (including phenoxy) is 1. The van der Waals surface area contributed by atoms with E-state index in [9.17, 15) is 18.3 Å². The summed E-state index contributed by atoms with van der Waals surface area (Å²) in [6, 6.07) is 4.46. The van der Waals surface area contributed by atoms with Crippen LogP contribution in [0.1, 0.15) is 16.8 Å². The smallest absolute Gasteiger partial charge is 0.337 e. The van der Waals surface area contributed by atoms with Gasteiger partial charge in [-0.25, -0.2) is 13.2 Å². The van der Waals surface area contributed by atoms with Gasteiger partial charge in [0.05, 0.1) is 29.9 Å². The van der Waals surface area contributed by atoms with Crippen molar-refractivity contribution in [3.8, 4) is 5.75 Å². The number of hydrogen-bond acceptors (Lipinski definition) is 5. The molecule has 1 heterocycles. The third-order valence-electron chi connectivity index (χ3n) is 3.57. The second kappa shape index (κ2) is 5.32. The maximum Gasteiger partial charge on any atom is 0.337 e. The first-order chi connectivity index (χ1) is 9.34. The summed E-state index contributed by atoms with van der Waals surface area (Å²) in [6.45, 7) is 0. The number of aromatic carboxylic acids is 1. The molecule has 0 aromatic heterocycles. The Hall–Kier alpha value is -1.76. The molecule has 1 aliphatic rings. The molecule has 1 aliphatic heterocycles. The number of rotatable bonds is 4. The van der Waals surface area contributed by atoms with E-state index in [-0.39, 0.29) is 23.1 Å². The predicted molar refractivity (Wildman–Crippen MR) is 75.4 cm³/mol. The zero-order valence-corrected chi connectivity index (χ0v) is 12.2. The van der Waals surface area contributed by atoms with Gasteiger partial charge >= 0.3 is 5.97 Å². The Morgan fingerprint density at radius 3 is 2.65 bits per heavy atom. The Balaban J connectivity index is 2.37. The quantitative estimate of drug-likeness (QED) is 0.893. The van der Waals surface area contributed by atoms with Gasteiger partial charge in [0.25, 0.3) is 0 Å². The van der Waals surface area contributed by atoms with Crippen LogP contribution in [-0.2, 0) is 9.84 Å². The number of carbonyl (C=O) groups is 1. The lowest BCUT2D eigenvalue weighted by atomic mass is 10.1. The van der Waals surface area contributed by atoms with Crippen molar-refractivity contribution >= 4 is 21.5 Å². The largest absolute Gasteiger partial charge is 0.497 e. The summed E-state index contributed by atoms with van der Waals surface area (Å²) in [6.07, 6.45) is 0.509. The van der Waals surface area contributed by atoms with E-state index in [1.807, 2.05) is 0 Å². The van der Waals surface area contributed by atoms with E-state index >= 15 is 0 Å². The number of carboxylic acids is 1. The monoisotopic (exact) mass is 299 g/mol. The molecule has 1 atom stereocenters. The summed E-state index contributed by atoms with van der Waals surface area (Å²) in [5.41, 5.74) is 0.608. The normalized spacial score (nSPS) is 20.6. The van der Waals surface area contributed by atoms with Gasteiger partial charge in [-0.2, -0.15) is 0 Å². The highest BCUT2D eigenvalue weighted by Crippen LogP contribution is 2.29. The molecule has 0 aliphatic carbocycles. The molecule has 1 N–H and O–H groups in total. The molecule has 0 radical (unpaired) electrons. The minimum absolute atomic E-state index is 0.0553. The molecule has 0 bridgehead atoms. The van der Waals surface area contributed by atoms with Gasteiger partial charge in [0.15, 0.2) is 9.84 Å². The summed E-state index contributed by atoms with van der Waals surface area (Å²) in [5.74, 6) is -0.304. The van der Waals surface area contributed by atoms with Gasteiger partial charge in [-0.3, -0.25) is 0 Å². The van der Waals surface area contributed by atoms with Crippen LogP contribution >= 0.6 is 0 Å². The van der Waals surface area contributed by atoms with Crippen molar-refractivity contribution in [3.63, 3.8) is 0 Å². The van der Waals surface area contributed by atoms with Crippen LogP contribution in [0.15, 0.2) is 18.2 Å². The number of hydrogen-bond donors (Lipinski definition) is 1. The van der Waals surface area contributed by atoms with Crippen LogP contribution in [-0.4, -0.2) is 51.2 Å². The zero-order valence-electron chi connectivity index (χ0n) is 11.4. The number of methoxy groups -OCH3 is 1. The van der Waals surface area contributed by atoms with Gasteiger partial charge in [0.1, 0.15) is 5.75 Å². The Kier molecular flexibility index (Phi) is 3.89. The number of sulfone groups is 1. The van der Waals surface area contributed by atoms with E-state index in [1.54, 1.807) is 24.1 Å². The molecule has 1 fully saturated rings. The number of nitrogens with zero attached hydrogens (tertiary/aromatic N) is 1. The van der Waals surface area contributed by atoms with Gasteiger partial charge in [-0.15, -0.1) is 0 Å². The number of anilines is 1. The second-order valence-electron chi connectivity index (χ2n) is 4.86. The molecule has 1 aromatic rings. The molecule has 2 rings (SSSR count). The first-order valence-electron chi connectivity index (χ1n) is 6.18. The van der Waals surface area contributed by atoms with Crippen molar-refractivity contribution in [1.82, 2.24) is 0 Å². The Bertz CT molecular complexity index is 626. The highest BCUT2D eigenvalue weighted by Gasteiger charge is 2.32. The zero-order chi connectivity index (χ0) is 14.9. The van der Waals surface area contributed by atoms with Crippen LogP contribution in [0.3, 0.4) is 0 Å². The fourth-order valence-corrected chi connectivity index (χ4v) is 4.16. The summed E-state index contributed by atoms with van der Waals surface area (Å²) >= 11 is 0. The lowest BCUT2D eigenvalue weighted by Crippen LogP contribution is -2.33. The van der Waals surface area contributed by atoms with E-state index < -0.39 is 15.8 Å². The summed E-state index contributed by atoms with van der Waals surface area (Å²) in [7, 11) is 0.197. The fourth-order valence-electron chi connectivity index (χ4n) is 2.39. The maximum atomic E-state index is 11.6. The van der Waals surface area contributed by atoms with Crippen molar-refractivity contribution in [2.45, 2.75) is 12.5 Å². The van der Waals surface area contributed by atoms with Crippen LogP contribution in [0, 0.1) is 0 Å². The SMILES string of the molecule is COc1ccc(C(=O)O)c(N(C)C2CCS(=O)(=O)C2)c1. The van der Waals surface area contributed by atoms with E-state index in [4.69, 9.17) is 4.74 Å². The molecule has 0 amide bonds. The highest BCUT2D eigenvalue weighted by molar-refractivity contribution is 7.91. The Morgan fingerprint density at radius 1 is 1.45 bits per heavy atom. The molecule has 0 spiro atoms. The van der Waals surface area contributed by atoms with Crippen LogP contribution in [0.4, 0.5) is 5.69 Å². The maximum absolute atomic E-state index is 11.6. The second-order valence-corrected chi connectivity index (χ2v) is 7.08. The number of benzene rings is 1. The van der Waals surface area contributed by atoms with Crippen LogP contribution < -0.4 is 9.64 Å².